The van der Waals surface area contributed by atoms with Crippen molar-refractivity contribution in [3.63, 3.8) is 0 Å². The van der Waals surface area contributed by atoms with Crippen molar-refractivity contribution in [3.8, 4) is 0 Å². The summed E-state index contributed by atoms with van der Waals surface area (Å²) in [4.78, 5) is 53.4. The molecule has 0 unspecified atom stereocenters. The van der Waals surface area contributed by atoms with Crippen molar-refractivity contribution >= 4 is 34.8 Å². The average Bonchev–Trinajstić information content (AvgIpc) is 3.47. The molecule has 3 N–H and O–H groups in total. The molecule has 0 saturated carbocycles. The number of rotatable bonds is 3. The molecule has 0 aliphatic carbocycles. The summed E-state index contributed by atoms with van der Waals surface area (Å²) < 4.78 is 11.4. The number of amides is 4. The first-order valence-corrected chi connectivity index (χ1v) is 13.9. The number of alkyl carbamates (subject to hydrolysis) is 1. The van der Waals surface area contributed by atoms with E-state index >= 15 is 0 Å². The van der Waals surface area contributed by atoms with Crippen LogP contribution in [0, 0.1) is 0 Å². The number of nitrogens with one attached hydrogen (secondary N) is 3. The standard InChI is InChI=1S/C29H40N4O6/c1-18(31-28(37)39-29(2,3)4)26(35)32-22-11-7-15-30-25(34)14-13-24-21(20-10-5-6-12-23(20)38-24)17-19-9-8-16-33(19)27(22)36/h5-6,10,12,18-19,22H,7-9,11,13-17H2,1-4H3,(H,30,34)(H,31,37)(H,32,35)/t18-,19-,22-/m0/s1. The van der Waals surface area contributed by atoms with E-state index in [4.69, 9.17) is 9.15 Å². The maximum atomic E-state index is 13.8. The number of fused-ring (bicyclic) bond motifs is 4. The van der Waals surface area contributed by atoms with Gasteiger partial charge in [-0.25, -0.2) is 4.79 Å². The van der Waals surface area contributed by atoms with E-state index in [2.05, 4.69) is 16.0 Å². The summed E-state index contributed by atoms with van der Waals surface area (Å²) in [5.41, 5.74) is 1.12. The highest BCUT2D eigenvalue weighted by atomic mass is 16.6. The summed E-state index contributed by atoms with van der Waals surface area (Å²) in [5.74, 6) is 0.0916. The lowest BCUT2D eigenvalue weighted by atomic mass is 9.98. The third-order valence-electron chi connectivity index (χ3n) is 7.19. The number of nitrogens with zero attached hydrogens (tertiary/aromatic N) is 1. The van der Waals surface area contributed by atoms with Crippen LogP contribution in [0.5, 0.6) is 0 Å². The molecule has 1 aromatic heterocycles. The largest absolute Gasteiger partial charge is 0.461 e. The SMILES string of the molecule is C[C@H](NC(=O)OC(C)(C)C)C(=O)N[C@H]1CCCNC(=O)CCc2oc3ccccc3c2C[C@@H]2CCCN2C1=O. The number of furan rings is 1. The van der Waals surface area contributed by atoms with Crippen LogP contribution in [0.3, 0.4) is 0 Å². The molecule has 10 nitrogen and oxygen atoms in total. The Balaban J connectivity index is 1.54. The van der Waals surface area contributed by atoms with Crippen LogP contribution in [0.4, 0.5) is 4.79 Å². The minimum atomic E-state index is -0.894. The summed E-state index contributed by atoms with van der Waals surface area (Å²) in [5, 5.41) is 9.31. The van der Waals surface area contributed by atoms with Crippen LogP contribution in [0.2, 0.25) is 0 Å². The highest BCUT2D eigenvalue weighted by Gasteiger charge is 2.36. The molecule has 212 valence electrons. The first-order valence-electron chi connectivity index (χ1n) is 13.9. The third kappa shape index (κ3) is 7.30. The Kier molecular flexibility index (Phi) is 8.82. The van der Waals surface area contributed by atoms with E-state index in [1.165, 1.54) is 0 Å². The first-order chi connectivity index (χ1) is 18.5. The number of benzene rings is 1. The summed E-state index contributed by atoms with van der Waals surface area (Å²) in [6.07, 6.45) is 3.34. The smallest absolute Gasteiger partial charge is 0.408 e. The molecule has 1 aromatic carbocycles. The van der Waals surface area contributed by atoms with Crippen molar-refractivity contribution in [3.05, 3.63) is 35.6 Å². The Labute approximate surface area is 229 Å². The summed E-state index contributed by atoms with van der Waals surface area (Å²) in [6, 6.07) is 6.12. The van der Waals surface area contributed by atoms with Gasteiger partial charge in [0, 0.05) is 42.9 Å². The van der Waals surface area contributed by atoms with Gasteiger partial charge in [-0.15, -0.1) is 0 Å². The highest BCUT2D eigenvalue weighted by molar-refractivity contribution is 5.91. The Morgan fingerprint density at radius 3 is 2.67 bits per heavy atom. The zero-order valence-corrected chi connectivity index (χ0v) is 23.3. The summed E-state index contributed by atoms with van der Waals surface area (Å²) >= 11 is 0. The lowest BCUT2D eigenvalue weighted by Crippen LogP contribution is -2.55. The molecule has 2 aromatic rings. The Morgan fingerprint density at radius 1 is 1.13 bits per heavy atom. The molecule has 39 heavy (non-hydrogen) atoms. The van der Waals surface area contributed by atoms with E-state index in [1.807, 2.05) is 29.2 Å². The van der Waals surface area contributed by atoms with Crippen molar-refractivity contribution in [2.45, 2.75) is 96.4 Å². The number of hydrogen-bond acceptors (Lipinski definition) is 6. The van der Waals surface area contributed by atoms with Gasteiger partial charge < -0.3 is 30.0 Å². The van der Waals surface area contributed by atoms with Gasteiger partial charge in [-0.3, -0.25) is 14.4 Å². The molecule has 0 bridgehead atoms. The first kappa shape index (κ1) is 28.4. The molecule has 2 aliphatic heterocycles. The molecular formula is C29H40N4O6. The van der Waals surface area contributed by atoms with E-state index in [0.29, 0.717) is 45.2 Å². The molecule has 4 amide bonds. The number of carbonyl (C=O) groups is 4. The van der Waals surface area contributed by atoms with Gasteiger partial charge in [0.2, 0.25) is 17.7 Å². The molecule has 2 aliphatic rings. The maximum absolute atomic E-state index is 13.8. The fraction of sp³-hybridized carbons (Fsp3) is 0.586. The maximum Gasteiger partial charge on any atom is 0.408 e. The van der Waals surface area contributed by atoms with Crippen molar-refractivity contribution in [1.82, 2.24) is 20.9 Å². The predicted molar refractivity (Wildman–Crippen MR) is 146 cm³/mol. The number of para-hydroxylation sites is 1. The van der Waals surface area contributed by atoms with Crippen molar-refractivity contribution in [2.24, 2.45) is 0 Å². The lowest BCUT2D eigenvalue weighted by molar-refractivity contribution is -0.137. The molecule has 1 fully saturated rings. The van der Waals surface area contributed by atoms with E-state index in [0.717, 1.165) is 35.1 Å². The normalized spacial score (nSPS) is 21.8. The van der Waals surface area contributed by atoms with E-state index in [9.17, 15) is 19.2 Å². The van der Waals surface area contributed by atoms with Gasteiger partial charge in [-0.2, -0.15) is 0 Å². The fourth-order valence-corrected chi connectivity index (χ4v) is 5.30. The van der Waals surface area contributed by atoms with Crippen molar-refractivity contribution < 1.29 is 28.3 Å². The quantitative estimate of drug-likeness (QED) is 0.548. The molecular weight excluding hydrogens is 500 g/mol. The van der Waals surface area contributed by atoms with Gasteiger partial charge in [0.25, 0.3) is 0 Å². The third-order valence-corrected chi connectivity index (χ3v) is 7.19. The molecule has 4 rings (SSSR count). The van der Waals surface area contributed by atoms with Crippen molar-refractivity contribution in [2.75, 3.05) is 13.1 Å². The molecule has 3 atom stereocenters. The van der Waals surface area contributed by atoms with Crippen LogP contribution in [0.1, 0.15) is 71.1 Å². The van der Waals surface area contributed by atoms with Crippen LogP contribution in [-0.2, 0) is 32.0 Å². The second-order valence-electron chi connectivity index (χ2n) is 11.5. The number of hydrogen-bond donors (Lipinski definition) is 3. The predicted octanol–water partition coefficient (Wildman–Crippen LogP) is 3.21. The van der Waals surface area contributed by atoms with E-state index in [-0.39, 0.29) is 17.9 Å². The Morgan fingerprint density at radius 2 is 1.90 bits per heavy atom. The van der Waals surface area contributed by atoms with E-state index < -0.39 is 29.7 Å². The highest BCUT2D eigenvalue weighted by Crippen LogP contribution is 2.32. The number of aryl methyl sites for hydroxylation is 1. The van der Waals surface area contributed by atoms with Gasteiger partial charge in [-0.1, -0.05) is 18.2 Å². The molecule has 1 saturated heterocycles. The molecule has 10 heteroatoms. The second kappa shape index (κ2) is 12.1. The monoisotopic (exact) mass is 540 g/mol. The van der Waals surface area contributed by atoms with Crippen LogP contribution >= 0.6 is 0 Å². The average molecular weight is 541 g/mol. The number of carbonyl (C=O) groups excluding carboxylic acids is 4. The molecule has 0 radical (unpaired) electrons. The Hall–Kier alpha value is -3.56. The van der Waals surface area contributed by atoms with E-state index in [1.54, 1.807) is 27.7 Å². The van der Waals surface area contributed by atoms with Gasteiger partial charge in [0.15, 0.2) is 0 Å². The van der Waals surface area contributed by atoms with Crippen LogP contribution < -0.4 is 16.0 Å². The van der Waals surface area contributed by atoms with Crippen LogP contribution in [-0.4, -0.2) is 65.5 Å². The lowest BCUT2D eigenvalue weighted by Gasteiger charge is -2.30. The minimum Gasteiger partial charge on any atom is -0.461 e. The molecule has 0 spiro atoms. The van der Waals surface area contributed by atoms with Gasteiger partial charge in [0.05, 0.1) is 0 Å². The zero-order valence-electron chi connectivity index (χ0n) is 23.3. The Bertz CT molecular complexity index is 1220. The topological polar surface area (TPSA) is 130 Å². The zero-order chi connectivity index (χ0) is 28.2. The van der Waals surface area contributed by atoms with Gasteiger partial charge >= 0.3 is 6.09 Å². The molecule has 3 heterocycles. The fourth-order valence-electron chi connectivity index (χ4n) is 5.30. The second-order valence-corrected chi connectivity index (χ2v) is 11.5. The summed E-state index contributed by atoms with van der Waals surface area (Å²) in [6.45, 7) is 7.78. The van der Waals surface area contributed by atoms with Gasteiger partial charge in [0.1, 0.15) is 29.0 Å². The van der Waals surface area contributed by atoms with Gasteiger partial charge in [-0.05, 0) is 65.9 Å². The van der Waals surface area contributed by atoms with Crippen molar-refractivity contribution in [1.29, 1.82) is 0 Å². The van der Waals surface area contributed by atoms with Crippen LogP contribution in [0.15, 0.2) is 28.7 Å². The van der Waals surface area contributed by atoms with Crippen LogP contribution in [0.25, 0.3) is 11.0 Å². The summed E-state index contributed by atoms with van der Waals surface area (Å²) in [7, 11) is 0. The minimum absolute atomic E-state index is 0.0364. The number of ether oxygens (including phenoxy) is 1.